The van der Waals surface area contributed by atoms with Gasteiger partial charge in [0, 0.05) is 5.41 Å². The minimum absolute atomic E-state index is 0. The molecule has 0 aromatic heterocycles. The molecular formula is C6H11F3O. The maximum absolute atomic E-state index is 11.6. The van der Waals surface area contributed by atoms with Crippen LogP contribution in [0.4, 0.5) is 13.5 Å². The van der Waals surface area contributed by atoms with Crippen molar-refractivity contribution in [3.63, 3.8) is 0 Å². The van der Waals surface area contributed by atoms with E-state index in [-0.39, 0.29) is 4.70 Å². The summed E-state index contributed by atoms with van der Waals surface area (Å²) in [5.41, 5.74) is -0.909. The van der Waals surface area contributed by atoms with Crippen molar-refractivity contribution in [1.82, 2.24) is 0 Å². The zero-order chi connectivity index (χ0) is 7.65. The van der Waals surface area contributed by atoms with Crippen molar-refractivity contribution in [3.8, 4) is 0 Å². The third kappa shape index (κ3) is 3.48. The Balaban J connectivity index is 0. The Morgan fingerprint density at radius 3 is 1.60 bits per heavy atom. The number of carbonyl (C=O) groups is 1. The standard InChI is InChI=1S/C6H10F2O.FH/c1-6(2,3)4(9)5(7)8;/h5H,1-3H3;1H. The molecule has 0 aliphatic carbocycles. The second-order valence-electron chi connectivity index (χ2n) is 2.91. The van der Waals surface area contributed by atoms with Gasteiger partial charge >= 0.3 is 0 Å². The monoisotopic (exact) mass is 156 g/mol. The summed E-state index contributed by atoms with van der Waals surface area (Å²) in [4.78, 5) is 10.4. The van der Waals surface area contributed by atoms with Gasteiger partial charge in [-0.25, -0.2) is 8.78 Å². The molecule has 0 unspecified atom stereocenters. The Labute approximate surface area is 57.8 Å². The van der Waals surface area contributed by atoms with Gasteiger partial charge in [-0.3, -0.25) is 9.50 Å². The predicted molar refractivity (Wildman–Crippen MR) is 33.0 cm³/mol. The van der Waals surface area contributed by atoms with Crippen LogP contribution in [-0.4, -0.2) is 12.2 Å². The minimum Gasteiger partial charge on any atom is -0.293 e. The van der Waals surface area contributed by atoms with Crippen LogP contribution in [0.5, 0.6) is 0 Å². The number of ketones is 1. The van der Waals surface area contributed by atoms with Gasteiger partial charge in [0.05, 0.1) is 0 Å². The molecule has 0 bridgehead atoms. The molecule has 0 N–H and O–H groups in total. The maximum atomic E-state index is 11.6. The van der Waals surface area contributed by atoms with Gasteiger partial charge in [-0.15, -0.1) is 0 Å². The van der Waals surface area contributed by atoms with Gasteiger partial charge in [0.25, 0.3) is 6.43 Å². The van der Waals surface area contributed by atoms with E-state index in [0.29, 0.717) is 0 Å². The van der Waals surface area contributed by atoms with Crippen LogP contribution < -0.4 is 0 Å². The molecule has 1 nitrogen and oxygen atoms in total. The fourth-order valence-corrected chi connectivity index (χ4v) is 0.327. The van der Waals surface area contributed by atoms with E-state index in [1.807, 2.05) is 0 Å². The summed E-state index contributed by atoms with van der Waals surface area (Å²) in [6, 6.07) is 0. The van der Waals surface area contributed by atoms with Gasteiger partial charge in [-0.2, -0.15) is 0 Å². The number of hydrogen-bond acceptors (Lipinski definition) is 1. The first kappa shape index (κ1) is 12.2. The molecular weight excluding hydrogens is 145 g/mol. The lowest BCUT2D eigenvalue weighted by atomic mass is 9.91. The van der Waals surface area contributed by atoms with E-state index in [4.69, 9.17) is 0 Å². The fourth-order valence-electron chi connectivity index (χ4n) is 0.327. The number of hydrogen-bond donors (Lipinski definition) is 0. The van der Waals surface area contributed by atoms with Crippen LogP contribution in [0.25, 0.3) is 0 Å². The van der Waals surface area contributed by atoms with E-state index in [0.717, 1.165) is 0 Å². The van der Waals surface area contributed by atoms with Gasteiger partial charge < -0.3 is 0 Å². The third-order valence-corrected chi connectivity index (χ3v) is 0.937. The molecule has 0 amide bonds. The number of halogens is 3. The lowest BCUT2D eigenvalue weighted by Gasteiger charge is -2.14. The van der Waals surface area contributed by atoms with E-state index in [1.54, 1.807) is 0 Å². The van der Waals surface area contributed by atoms with Crippen LogP contribution in [0.3, 0.4) is 0 Å². The van der Waals surface area contributed by atoms with E-state index >= 15 is 0 Å². The summed E-state index contributed by atoms with van der Waals surface area (Å²) >= 11 is 0. The molecule has 0 radical (unpaired) electrons. The molecule has 0 aromatic carbocycles. The largest absolute Gasteiger partial charge is 0.296 e. The second-order valence-corrected chi connectivity index (χ2v) is 2.91. The quantitative estimate of drug-likeness (QED) is 0.567. The van der Waals surface area contributed by atoms with Crippen LogP contribution in [0.2, 0.25) is 0 Å². The molecule has 0 saturated carbocycles. The molecule has 0 saturated heterocycles. The second kappa shape index (κ2) is 3.58. The number of Topliss-reactive ketones (excluding diaryl/α,β-unsaturated/α-hetero) is 1. The molecule has 62 valence electrons. The van der Waals surface area contributed by atoms with Gasteiger partial charge in [0.2, 0.25) is 5.78 Å². The van der Waals surface area contributed by atoms with E-state index < -0.39 is 17.6 Å². The molecule has 10 heavy (non-hydrogen) atoms. The molecule has 0 aliphatic heterocycles. The predicted octanol–water partition coefficient (Wildman–Crippen LogP) is 2.02. The first-order chi connectivity index (χ1) is 3.85. The minimum atomic E-state index is -2.83. The Kier molecular flexibility index (Phi) is 4.36. The maximum Gasteiger partial charge on any atom is 0.296 e. The van der Waals surface area contributed by atoms with Gasteiger partial charge in [-0.05, 0) is 0 Å². The van der Waals surface area contributed by atoms with Crippen molar-refractivity contribution >= 4 is 5.78 Å². The average molecular weight is 156 g/mol. The van der Waals surface area contributed by atoms with Gasteiger partial charge in [0.1, 0.15) is 0 Å². The number of rotatable bonds is 1. The molecule has 0 aromatic rings. The van der Waals surface area contributed by atoms with E-state index in [9.17, 15) is 13.6 Å². The molecule has 0 heterocycles. The zero-order valence-electron chi connectivity index (χ0n) is 6.15. The Morgan fingerprint density at radius 2 is 1.60 bits per heavy atom. The Morgan fingerprint density at radius 1 is 1.30 bits per heavy atom. The SMILES string of the molecule is CC(C)(C)C(=O)C(F)F.F. The smallest absolute Gasteiger partial charge is 0.293 e. The lowest BCUT2D eigenvalue weighted by molar-refractivity contribution is -0.137. The highest BCUT2D eigenvalue weighted by molar-refractivity contribution is 5.86. The third-order valence-electron chi connectivity index (χ3n) is 0.937. The van der Waals surface area contributed by atoms with Crippen LogP contribution in [0, 0.1) is 5.41 Å². The first-order valence-electron chi connectivity index (χ1n) is 2.68. The van der Waals surface area contributed by atoms with Crippen molar-refractivity contribution in [2.24, 2.45) is 5.41 Å². The van der Waals surface area contributed by atoms with E-state index in [1.165, 1.54) is 20.8 Å². The molecule has 0 rings (SSSR count). The first-order valence-corrected chi connectivity index (χ1v) is 2.68. The highest BCUT2D eigenvalue weighted by Crippen LogP contribution is 2.18. The van der Waals surface area contributed by atoms with Crippen LogP contribution in [-0.2, 0) is 4.79 Å². The fraction of sp³-hybridized carbons (Fsp3) is 0.833. The van der Waals surface area contributed by atoms with Crippen molar-refractivity contribution in [2.45, 2.75) is 27.2 Å². The summed E-state index contributed by atoms with van der Waals surface area (Å²) in [6.45, 7) is 4.42. The van der Waals surface area contributed by atoms with Gasteiger partial charge in [0.15, 0.2) is 0 Å². The summed E-state index contributed by atoms with van der Waals surface area (Å²) < 4.78 is 23.1. The molecule has 0 spiro atoms. The summed E-state index contributed by atoms with van der Waals surface area (Å²) in [5, 5.41) is 0. The molecule has 0 fully saturated rings. The summed E-state index contributed by atoms with van der Waals surface area (Å²) in [6.07, 6.45) is -2.83. The highest BCUT2D eigenvalue weighted by atomic mass is 19.3. The van der Waals surface area contributed by atoms with Crippen molar-refractivity contribution < 1.29 is 18.3 Å². The number of carbonyl (C=O) groups excluding carboxylic acids is 1. The van der Waals surface area contributed by atoms with Crippen molar-refractivity contribution in [3.05, 3.63) is 0 Å². The van der Waals surface area contributed by atoms with Crippen molar-refractivity contribution in [1.29, 1.82) is 0 Å². The topological polar surface area (TPSA) is 17.1 Å². The molecule has 4 heteroatoms. The van der Waals surface area contributed by atoms with Gasteiger partial charge in [-0.1, -0.05) is 20.8 Å². The Bertz CT molecular complexity index is 115. The van der Waals surface area contributed by atoms with Crippen LogP contribution in [0.15, 0.2) is 0 Å². The highest BCUT2D eigenvalue weighted by Gasteiger charge is 2.28. The lowest BCUT2D eigenvalue weighted by Crippen LogP contribution is -2.26. The Hall–Kier alpha value is -0.540. The summed E-state index contributed by atoms with van der Waals surface area (Å²) in [5.74, 6) is -0.998. The average Bonchev–Trinajstić information content (AvgIpc) is 1.62. The van der Waals surface area contributed by atoms with Crippen LogP contribution >= 0.6 is 0 Å². The van der Waals surface area contributed by atoms with E-state index in [2.05, 4.69) is 0 Å². The zero-order valence-corrected chi connectivity index (χ0v) is 6.15. The number of alkyl halides is 2. The normalized spacial score (nSPS) is 11.0. The summed E-state index contributed by atoms with van der Waals surface area (Å²) in [7, 11) is 0. The van der Waals surface area contributed by atoms with Crippen molar-refractivity contribution in [2.75, 3.05) is 0 Å². The molecule has 0 atom stereocenters. The van der Waals surface area contributed by atoms with Crippen LogP contribution in [0.1, 0.15) is 20.8 Å². The molecule has 0 aliphatic rings.